The van der Waals surface area contributed by atoms with Crippen molar-refractivity contribution in [2.75, 3.05) is 11.9 Å². The summed E-state index contributed by atoms with van der Waals surface area (Å²) in [4.78, 5) is 24.3. The fraction of sp³-hybridized carbons (Fsp3) is 0.0667. The summed E-state index contributed by atoms with van der Waals surface area (Å²) in [7, 11) is 0. The van der Waals surface area contributed by atoms with Gasteiger partial charge >= 0.3 is 0 Å². The largest absolute Gasteiger partial charge is 0.324 e. The Labute approximate surface area is 140 Å². The van der Waals surface area contributed by atoms with Crippen LogP contribution in [-0.4, -0.2) is 23.4 Å². The minimum Gasteiger partial charge on any atom is -0.324 e. The molecule has 2 aromatic rings. The highest BCUT2D eigenvalue weighted by molar-refractivity contribution is 9.10. The van der Waals surface area contributed by atoms with Gasteiger partial charge in [-0.25, -0.2) is 0 Å². The minimum atomic E-state index is -0.474. The van der Waals surface area contributed by atoms with Crippen molar-refractivity contribution >= 4 is 44.9 Å². The van der Waals surface area contributed by atoms with E-state index < -0.39 is 5.91 Å². The molecule has 2 aromatic carbocycles. The summed E-state index contributed by atoms with van der Waals surface area (Å²) in [6.45, 7) is -0.282. The molecule has 2 rings (SSSR count). The smallest absolute Gasteiger partial charge is 0.240 e. The first-order valence-corrected chi connectivity index (χ1v) is 7.45. The summed E-state index contributed by atoms with van der Waals surface area (Å²) < 4.78 is 0.696. The summed E-state index contributed by atoms with van der Waals surface area (Å²) in [5.41, 5.74) is 2.75. The monoisotopic (exact) mass is 382 g/mol. The molecule has 0 saturated carbocycles. The van der Waals surface area contributed by atoms with E-state index in [9.17, 15) is 9.59 Å². The highest BCUT2D eigenvalue weighted by atomic mass is 79.9. The third kappa shape index (κ3) is 3.92. The first kappa shape index (κ1) is 16.6. The van der Waals surface area contributed by atoms with Gasteiger partial charge in [0.2, 0.25) is 5.91 Å². The number of carbonyl (C=O) groups is 2. The summed E-state index contributed by atoms with van der Waals surface area (Å²) in [6.07, 6.45) is 0. The number of benzene rings is 2. The van der Waals surface area contributed by atoms with Crippen molar-refractivity contribution in [3.63, 3.8) is 0 Å². The maximum atomic E-state index is 12.7. The minimum absolute atomic E-state index is 0.282. The predicted molar refractivity (Wildman–Crippen MR) is 87.4 cm³/mol. The van der Waals surface area contributed by atoms with Gasteiger partial charge in [-0.15, -0.1) is 0 Å². The van der Waals surface area contributed by atoms with Crippen LogP contribution in [0.3, 0.4) is 0 Å². The van der Waals surface area contributed by atoms with E-state index in [1.165, 1.54) is 0 Å². The molecule has 0 saturated heterocycles. The molecule has 114 valence electrons. The third-order valence-electron chi connectivity index (χ3n) is 2.86. The van der Waals surface area contributed by atoms with Crippen LogP contribution in [0.5, 0.6) is 0 Å². The molecule has 0 aliphatic heterocycles. The lowest BCUT2D eigenvalue weighted by Gasteiger charge is -2.11. The average molecular weight is 384 g/mol. The molecule has 0 spiro atoms. The number of ketones is 1. The average Bonchev–Trinajstić information content (AvgIpc) is 2.49. The van der Waals surface area contributed by atoms with Gasteiger partial charge in [0.15, 0.2) is 5.78 Å². The number of halogens is 2. The molecule has 0 aliphatic rings. The molecular formula is C15H12BrClN2O3. The topological polar surface area (TPSA) is 78.4 Å². The first-order valence-electron chi connectivity index (χ1n) is 6.28. The molecule has 0 bridgehead atoms. The second-order valence-electron chi connectivity index (χ2n) is 4.38. The zero-order valence-corrected chi connectivity index (χ0v) is 13.6. The van der Waals surface area contributed by atoms with E-state index in [1.807, 2.05) is 0 Å². The van der Waals surface area contributed by atoms with Crippen molar-refractivity contribution in [3.8, 4) is 0 Å². The SMILES string of the molecule is O=C(CNO)Nc1ccc(Br)cc1C(=O)c1ccccc1Cl. The fourth-order valence-corrected chi connectivity index (χ4v) is 2.45. The molecule has 0 fully saturated rings. The molecule has 0 heterocycles. The van der Waals surface area contributed by atoms with Gasteiger partial charge in [0.05, 0.1) is 10.7 Å². The molecule has 0 unspecified atom stereocenters. The Bertz CT molecular complexity index is 722. The van der Waals surface area contributed by atoms with E-state index in [2.05, 4.69) is 21.2 Å². The highest BCUT2D eigenvalue weighted by Crippen LogP contribution is 2.26. The van der Waals surface area contributed by atoms with Gasteiger partial charge in [-0.05, 0) is 30.3 Å². The summed E-state index contributed by atoms with van der Waals surface area (Å²) in [5, 5.41) is 11.4. The molecular weight excluding hydrogens is 372 g/mol. The van der Waals surface area contributed by atoms with Crippen molar-refractivity contribution in [3.05, 3.63) is 63.1 Å². The van der Waals surface area contributed by atoms with Crippen LogP contribution in [0.1, 0.15) is 15.9 Å². The van der Waals surface area contributed by atoms with Crippen LogP contribution in [0, 0.1) is 0 Å². The lowest BCUT2D eigenvalue weighted by atomic mass is 10.0. The van der Waals surface area contributed by atoms with Gasteiger partial charge in [0.25, 0.3) is 0 Å². The van der Waals surface area contributed by atoms with Crippen molar-refractivity contribution in [1.82, 2.24) is 5.48 Å². The summed E-state index contributed by atoms with van der Waals surface area (Å²) >= 11 is 9.36. The fourth-order valence-electron chi connectivity index (χ4n) is 1.87. The number of hydroxylamine groups is 1. The molecule has 0 atom stereocenters. The second-order valence-corrected chi connectivity index (χ2v) is 5.70. The van der Waals surface area contributed by atoms with E-state index in [-0.39, 0.29) is 12.3 Å². The lowest BCUT2D eigenvalue weighted by molar-refractivity contribution is -0.116. The van der Waals surface area contributed by atoms with Crippen LogP contribution in [-0.2, 0) is 4.79 Å². The van der Waals surface area contributed by atoms with Crippen LogP contribution >= 0.6 is 27.5 Å². The Morgan fingerprint density at radius 1 is 1.14 bits per heavy atom. The maximum absolute atomic E-state index is 12.7. The first-order chi connectivity index (χ1) is 10.5. The number of nitrogens with one attached hydrogen (secondary N) is 2. The van der Waals surface area contributed by atoms with Crippen molar-refractivity contribution < 1.29 is 14.8 Å². The quantitative estimate of drug-likeness (QED) is 0.547. The molecule has 7 heteroatoms. The molecule has 3 N–H and O–H groups in total. The Balaban J connectivity index is 2.41. The molecule has 5 nitrogen and oxygen atoms in total. The summed E-state index contributed by atoms with van der Waals surface area (Å²) in [5.74, 6) is -0.780. The van der Waals surface area contributed by atoms with Crippen molar-refractivity contribution in [2.45, 2.75) is 0 Å². The van der Waals surface area contributed by atoms with E-state index in [4.69, 9.17) is 16.8 Å². The molecule has 0 aromatic heterocycles. The van der Waals surface area contributed by atoms with Crippen molar-refractivity contribution in [1.29, 1.82) is 0 Å². The van der Waals surface area contributed by atoms with Gasteiger partial charge in [-0.1, -0.05) is 39.7 Å². The Morgan fingerprint density at radius 3 is 2.55 bits per heavy atom. The van der Waals surface area contributed by atoms with E-state index >= 15 is 0 Å². The van der Waals surface area contributed by atoms with Crippen LogP contribution in [0.15, 0.2) is 46.9 Å². The predicted octanol–water partition coefficient (Wildman–Crippen LogP) is 3.25. The second kappa shape index (κ2) is 7.51. The zero-order chi connectivity index (χ0) is 16.1. The lowest BCUT2D eigenvalue weighted by Crippen LogP contribution is -2.26. The van der Waals surface area contributed by atoms with E-state index in [0.29, 0.717) is 26.3 Å². The third-order valence-corrected chi connectivity index (χ3v) is 3.68. The van der Waals surface area contributed by atoms with Crippen LogP contribution < -0.4 is 10.8 Å². The number of amides is 1. The van der Waals surface area contributed by atoms with Crippen LogP contribution in [0.4, 0.5) is 5.69 Å². The highest BCUT2D eigenvalue weighted by Gasteiger charge is 2.17. The van der Waals surface area contributed by atoms with Gasteiger partial charge in [0, 0.05) is 15.6 Å². The Morgan fingerprint density at radius 2 is 1.86 bits per heavy atom. The molecule has 1 amide bonds. The maximum Gasteiger partial charge on any atom is 0.240 e. The van der Waals surface area contributed by atoms with Gasteiger partial charge < -0.3 is 10.5 Å². The van der Waals surface area contributed by atoms with Crippen molar-refractivity contribution in [2.24, 2.45) is 0 Å². The summed E-state index contributed by atoms with van der Waals surface area (Å²) in [6, 6.07) is 11.6. The van der Waals surface area contributed by atoms with E-state index in [1.54, 1.807) is 47.9 Å². The molecule has 0 radical (unpaired) electrons. The van der Waals surface area contributed by atoms with Crippen LogP contribution in [0.25, 0.3) is 0 Å². The number of rotatable bonds is 5. The van der Waals surface area contributed by atoms with Gasteiger partial charge in [0.1, 0.15) is 6.54 Å². The molecule has 22 heavy (non-hydrogen) atoms. The Hall–Kier alpha value is -1.73. The van der Waals surface area contributed by atoms with E-state index in [0.717, 1.165) is 0 Å². The van der Waals surface area contributed by atoms with Crippen LogP contribution in [0.2, 0.25) is 5.02 Å². The normalized spacial score (nSPS) is 10.3. The molecule has 0 aliphatic carbocycles. The number of hydrogen-bond acceptors (Lipinski definition) is 4. The number of carbonyl (C=O) groups excluding carboxylic acids is 2. The number of anilines is 1. The van der Waals surface area contributed by atoms with Gasteiger partial charge in [-0.3, -0.25) is 9.59 Å². The number of hydrogen-bond donors (Lipinski definition) is 3. The van der Waals surface area contributed by atoms with Gasteiger partial charge in [-0.2, -0.15) is 5.48 Å². The Kier molecular flexibility index (Phi) is 5.68. The standard InChI is InChI=1S/C15H12BrClN2O3/c16-9-5-6-13(19-14(20)8-18-22)11(7-9)15(21)10-3-1-2-4-12(10)17/h1-7,18,22H,8H2,(H,19,20). The zero-order valence-electron chi connectivity index (χ0n) is 11.3.